The summed E-state index contributed by atoms with van der Waals surface area (Å²) in [6.45, 7) is 8.32. The number of nitrogens with one attached hydrogen (secondary N) is 2. The number of carbonyl (C=O) groups excluding carboxylic acids is 2. The summed E-state index contributed by atoms with van der Waals surface area (Å²) in [5.41, 5.74) is 5.79. The van der Waals surface area contributed by atoms with Crippen molar-refractivity contribution < 1.29 is 9.59 Å². The Morgan fingerprint density at radius 3 is 2.19 bits per heavy atom. The molecule has 0 saturated heterocycles. The highest BCUT2D eigenvalue weighted by atomic mass is 16.2. The van der Waals surface area contributed by atoms with E-state index in [1.165, 1.54) is 5.69 Å². The number of benzene rings is 2. The van der Waals surface area contributed by atoms with Gasteiger partial charge in [-0.05, 0) is 62.2 Å². The predicted molar refractivity (Wildman–Crippen MR) is 129 cm³/mol. The molecule has 0 radical (unpaired) electrons. The highest BCUT2D eigenvalue weighted by Gasteiger charge is 2.06. The molecular formula is C25H34N4O2. The highest BCUT2D eigenvalue weighted by Crippen LogP contribution is 2.14. The number of rotatable bonds is 12. The van der Waals surface area contributed by atoms with Gasteiger partial charge in [0.15, 0.2) is 0 Å². The lowest BCUT2D eigenvalue weighted by molar-refractivity contribution is -0.116. The number of unbranched alkanes of at least 4 members (excludes halogenated alkanes) is 3. The maximum absolute atomic E-state index is 12.3. The number of anilines is 2. The Morgan fingerprint density at radius 2 is 1.58 bits per heavy atom. The first-order valence-corrected chi connectivity index (χ1v) is 11.2. The van der Waals surface area contributed by atoms with E-state index in [1.807, 2.05) is 24.3 Å². The van der Waals surface area contributed by atoms with Crippen LogP contribution in [0.5, 0.6) is 0 Å². The number of amides is 2. The van der Waals surface area contributed by atoms with Gasteiger partial charge in [-0.3, -0.25) is 9.59 Å². The van der Waals surface area contributed by atoms with Crippen LogP contribution >= 0.6 is 0 Å². The van der Waals surface area contributed by atoms with Crippen molar-refractivity contribution >= 4 is 29.4 Å². The maximum Gasteiger partial charge on any atom is 0.271 e. The van der Waals surface area contributed by atoms with Gasteiger partial charge in [0.05, 0.1) is 6.21 Å². The van der Waals surface area contributed by atoms with E-state index >= 15 is 0 Å². The third kappa shape index (κ3) is 8.24. The Labute approximate surface area is 185 Å². The molecule has 0 atom stereocenters. The summed E-state index contributed by atoms with van der Waals surface area (Å²) in [6.07, 6.45) is 6.42. The second-order valence-corrected chi connectivity index (χ2v) is 7.40. The summed E-state index contributed by atoms with van der Waals surface area (Å²) in [7, 11) is 0. The molecule has 0 unspecified atom stereocenters. The van der Waals surface area contributed by atoms with Crippen molar-refractivity contribution in [3.8, 4) is 0 Å². The van der Waals surface area contributed by atoms with E-state index in [-0.39, 0.29) is 11.8 Å². The summed E-state index contributed by atoms with van der Waals surface area (Å²) < 4.78 is 0. The van der Waals surface area contributed by atoms with Crippen LogP contribution in [0.15, 0.2) is 53.6 Å². The quantitative estimate of drug-likeness (QED) is 0.280. The van der Waals surface area contributed by atoms with Crippen LogP contribution in [0.25, 0.3) is 0 Å². The summed E-state index contributed by atoms with van der Waals surface area (Å²) in [5.74, 6) is -0.293. The Bertz CT molecular complexity index is 841. The Balaban J connectivity index is 1.82. The molecule has 0 aliphatic heterocycles. The van der Waals surface area contributed by atoms with Gasteiger partial charge < -0.3 is 10.2 Å². The predicted octanol–water partition coefficient (Wildman–Crippen LogP) is 5.21. The molecule has 2 rings (SSSR count). The van der Waals surface area contributed by atoms with E-state index in [4.69, 9.17) is 0 Å². The minimum atomic E-state index is -0.298. The van der Waals surface area contributed by atoms with Gasteiger partial charge in [-0.25, -0.2) is 5.43 Å². The molecule has 2 aromatic rings. The standard InChI is InChI=1S/C25H34N4O2/c1-4-7-8-9-10-24(30)27-22-15-13-21(14-16-22)25(31)28-26-19-20-11-17-23(18-12-20)29(5-2)6-3/h11-19H,4-10H2,1-3H3,(H,27,30)(H,28,31)/b26-19+. The van der Waals surface area contributed by atoms with Crippen LogP contribution in [0.1, 0.15) is 68.8 Å². The van der Waals surface area contributed by atoms with Crippen molar-refractivity contribution in [1.29, 1.82) is 0 Å². The Morgan fingerprint density at radius 1 is 0.903 bits per heavy atom. The third-order valence-electron chi connectivity index (χ3n) is 5.09. The Hall–Kier alpha value is -3.15. The summed E-state index contributed by atoms with van der Waals surface area (Å²) >= 11 is 0. The molecule has 31 heavy (non-hydrogen) atoms. The molecular weight excluding hydrogens is 388 g/mol. The molecule has 0 spiro atoms. The molecule has 0 heterocycles. The second kappa shape index (κ2) is 13.2. The van der Waals surface area contributed by atoms with Gasteiger partial charge in [0, 0.05) is 36.4 Å². The highest BCUT2D eigenvalue weighted by molar-refractivity contribution is 5.96. The van der Waals surface area contributed by atoms with Gasteiger partial charge in [-0.1, -0.05) is 38.3 Å². The topological polar surface area (TPSA) is 73.8 Å². The summed E-state index contributed by atoms with van der Waals surface area (Å²) in [4.78, 5) is 26.5. The van der Waals surface area contributed by atoms with Gasteiger partial charge in [0.25, 0.3) is 5.91 Å². The van der Waals surface area contributed by atoms with E-state index in [2.05, 4.69) is 41.5 Å². The van der Waals surface area contributed by atoms with E-state index in [0.717, 1.165) is 44.3 Å². The Kier molecular flexibility index (Phi) is 10.3. The first kappa shape index (κ1) is 24.1. The number of hydrogen-bond donors (Lipinski definition) is 2. The molecule has 2 aromatic carbocycles. The molecule has 0 saturated carbocycles. The summed E-state index contributed by atoms with van der Waals surface area (Å²) in [5, 5.41) is 6.91. The monoisotopic (exact) mass is 422 g/mol. The molecule has 0 aliphatic rings. The van der Waals surface area contributed by atoms with Crippen LogP contribution in [0.3, 0.4) is 0 Å². The number of nitrogens with zero attached hydrogens (tertiary/aromatic N) is 2. The fourth-order valence-electron chi connectivity index (χ4n) is 3.23. The van der Waals surface area contributed by atoms with Crippen molar-refractivity contribution in [2.24, 2.45) is 5.10 Å². The zero-order valence-corrected chi connectivity index (χ0v) is 18.9. The van der Waals surface area contributed by atoms with Crippen LogP contribution in [0.2, 0.25) is 0 Å². The molecule has 2 N–H and O–H groups in total. The van der Waals surface area contributed by atoms with E-state index in [0.29, 0.717) is 17.7 Å². The number of hydrogen-bond acceptors (Lipinski definition) is 4. The molecule has 0 bridgehead atoms. The van der Waals surface area contributed by atoms with Crippen molar-refractivity contribution in [2.75, 3.05) is 23.3 Å². The van der Waals surface area contributed by atoms with Crippen molar-refractivity contribution in [1.82, 2.24) is 5.43 Å². The first-order valence-electron chi connectivity index (χ1n) is 11.2. The van der Waals surface area contributed by atoms with Crippen LogP contribution in [0.4, 0.5) is 11.4 Å². The average molecular weight is 423 g/mol. The van der Waals surface area contributed by atoms with E-state index in [1.54, 1.807) is 30.5 Å². The fraction of sp³-hybridized carbons (Fsp3) is 0.400. The van der Waals surface area contributed by atoms with Crippen LogP contribution in [-0.2, 0) is 4.79 Å². The minimum absolute atomic E-state index is 0.00455. The van der Waals surface area contributed by atoms with Gasteiger partial charge in [-0.15, -0.1) is 0 Å². The molecule has 6 nitrogen and oxygen atoms in total. The van der Waals surface area contributed by atoms with Crippen molar-refractivity contribution in [3.63, 3.8) is 0 Å². The van der Waals surface area contributed by atoms with Gasteiger partial charge in [0.1, 0.15) is 0 Å². The lowest BCUT2D eigenvalue weighted by atomic mass is 10.1. The van der Waals surface area contributed by atoms with E-state index < -0.39 is 0 Å². The maximum atomic E-state index is 12.3. The number of carbonyl (C=O) groups is 2. The largest absolute Gasteiger partial charge is 0.372 e. The van der Waals surface area contributed by atoms with Crippen molar-refractivity contribution in [2.45, 2.75) is 52.9 Å². The molecule has 6 heteroatoms. The summed E-state index contributed by atoms with van der Waals surface area (Å²) in [6, 6.07) is 14.9. The normalized spacial score (nSPS) is 10.8. The molecule has 2 amide bonds. The van der Waals surface area contributed by atoms with Gasteiger partial charge >= 0.3 is 0 Å². The lowest BCUT2D eigenvalue weighted by Gasteiger charge is -2.20. The smallest absolute Gasteiger partial charge is 0.271 e. The third-order valence-corrected chi connectivity index (χ3v) is 5.09. The molecule has 0 aromatic heterocycles. The second-order valence-electron chi connectivity index (χ2n) is 7.40. The van der Waals surface area contributed by atoms with E-state index in [9.17, 15) is 9.59 Å². The fourth-order valence-corrected chi connectivity index (χ4v) is 3.23. The van der Waals surface area contributed by atoms with Gasteiger partial charge in [0.2, 0.25) is 5.91 Å². The minimum Gasteiger partial charge on any atom is -0.372 e. The molecule has 0 aliphatic carbocycles. The van der Waals surface area contributed by atoms with Gasteiger partial charge in [-0.2, -0.15) is 5.10 Å². The number of hydrazone groups is 1. The van der Waals surface area contributed by atoms with Crippen LogP contribution < -0.4 is 15.6 Å². The molecule has 0 fully saturated rings. The zero-order chi connectivity index (χ0) is 22.5. The van der Waals surface area contributed by atoms with Crippen molar-refractivity contribution in [3.05, 3.63) is 59.7 Å². The SMILES string of the molecule is CCCCCCC(=O)Nc1ccc(C(=O)N/N=C/c2ccc(N(CC)CC)cc2)cc1. The van der Waals surface area contributed by atoms with Crippen LogP contribution in [0, 0.1) is 0 Å². The molecule has 166 valence electrons. The van der Waals surface area contributed by atoms with Crippen LogP contribution in [-0.4, -0.2) is 31.1 Å². The first-order chi connectivity index (χ1) is 15.1. The lowest BCUT2D eigenvalue weighted by Crippen LogP contribution is -2.21. The average Bonchev–Trinajstić information content (AvgIpc) is 2.79. The zero-order valence-electron chi connectivity index (χ0n) is 18.9.